The van der Waals surface area contributed by atoms with E-state index in [9.17, 15) is 0 Å². The van der Waals surface area contributed by atoms with Crippen molar-refractivity contribution >= 4 is 34.4 Å². The average Bonchev–Trinajstić information content (AvgIpc) is 3.19. The van der Waals surface area contributed by atoms with Gasteiger partial charge in [0.1, 0.15) is 0 Å². The molecule has 1 aliphatic carbocycles. The summed E-state index contributed by atoms with van der Waals surface area (Å²) in [4.78, 5) is 6.64. The summed E-state index contributed by atoms with van der Waals surface area (Å²) in [6, 6.07) is 10.3. The van der Waals surface area contributed by atoms with Crippen LogP contribution >= 0.6 is 23.6 Å². The van der Waals surface area contributed by atoms with Crippen LogP contribution in [0.2, 0.25) is 0 Å². The van der Waals surface area contributed by atoms with Crippen molar-refractivity contribution in [1.29, 1.82) is 0 Å². The van der Waals surface area contributed by atoms with Gasteiger partial charge in [0, 0.05) is 10.4 Å². The summed E-state index contributed by atoms with van der Waals surface area (Å²) in [5.41, 5.74) is 2.93. The fourth-order valence-electron chi connectivity index (χ4n) is 2.05. The first-order valence-electron chi connectivity index (χ1n) is 6.56. The van der Waals surface area contributed by atoms with Gasteiger partial charge in [-0.05, 0) is 73.8 Å². The van der Waals surface area contributed by atoms with E-state index in [2.05, 4.69) is 46.3 Å². The van der Waals surface area contributed by atoms with E-state index in [-0.39, 0.29) is 0 Å². The van der Waals surface area contributed by atoms with Gasteiger partial charge in [-0.3, -0.25) is 0 Å². The molecule has 1 fully saturated rings. The van der Waals surface area contributed by atoms with E-state index >= 15 is 0 Å². The Kier molecular flexibility index (Phi) is 3.80. The van der Waals surface area contributed by atoms with Crippen LogP contribution in [0.5, 0.6) is 0 Å². The van der Waals surface area contributed by atoms with Gasteiger partial charge < -0.3 is 0 Å². The monoisotopic (exact) mass is 295 g/mol. The van der Waals surface area contributed by atoms with Crippen molar-refractivity contribution in [2.75, 3.05) is 0 Å². The minimum Gasteiger partial charge on any atom is -0.194 e. The highest BCUT2D eigenvalue weighted by atomic mass is 32.1. The Morgan fingerprint density at radius 2 is 2.05 bits per heavy atom. The summed E-state index contributed by atoms with van der Waals surface area (Å²) in [7, 11) is 0. The molecule has 3 heteroatoms. The van der Waals surface area contributed by atoms with Gasteiger partial charge >= 0.3 is 0 Å². The van der Waals surface area contributed by atoms with E-state index in [0.717, 1.165) is 27.6 Å². The number of rotatable bonds is 2. The molecular weight excluding hydrogens is 282 g/mol. The molecule has 0 saturated heterocycles. The van der Waals surface area contributed by atoms with Crippen LogP contribution in [0, 0.1) is 18.8 Å². The topological polar surface area (TPSA) is 12.4 Å². The normalized spacial score (nSPS) is 13.2. The van der Waals surface area contributed by atoms with Gasteiger partial charge in [-0.15, -0.1) is 11.3 Å². The SMILES string of the molecule is Cc1cc(C#Cc2ccc(C3CC3)s2)ccc1N=C=S. The predicted octanol–water partition coefficient (Wildman–Crippen LogP) is 5.07. The quantitative estimate of drug-likeness (QED) is 0.428. The Balaban J connectivity index is 1.81. The standard InChI is InChI=1S/C17H13NS2/c1-12-10-13(3-8-16(12)18-11-19)2-6-15-7-9-17(20-15)14-4-5-14/h3,7-10,14H,4-5H2,1H3. The molecule has 20 heavy (non-hydrogen) atoms. The predicted molar refractivity (Wildman–Crippen MR) is 88.1 cm³/mol. The van der Waals surface area contributed by atoms with Gasteiger partial charge in [0.25, 0.3) is 0 Å². The zero-order valence-electron chi connectivity index (χ0n) is 11.1. The van der Waals surface area contributed by atoms with Crippen LogP contribution in [0.4, 0.5) is 5.69 Å². The molecule has 0 N–H and O–H groups in total. The Labute approximate surface area is 128 Å². The largest absolute Gasteiger partial charge is 0.194 e. The fraction of sp³-hybridized carbons (Fsp3) is 0.235. The molecule has 0 bridgehead atoms. The first-order valence-corrected chi connectivity index (χ1v) is 7.79. The van der Waals surface area contributed by atoms with Crippen LogP contribution in [0.25, 0.3) is 0 Å². The molecule has 1 heterocycles. The molecule has 2 aromatic rings. The molecule has 1 saturated carbocycles. The number of hydrogen-bond acceptors (Lipinski definition) is 3. The van der Waals surface area contributed by atoms with Crippen LogP contribution < -0.4 is 0 Å². The molecule has 0 atom stereocenters. The third-order valence-corrected chi connectivity index (χ3v) is 4.55. The van der Waals surface area contributed by atoms with Crippen molar-refractivity contribution in [2.24, 2.45) is 4.99 Å². The number of nitrogens with zero attached hydrogens (tertiary/aromatic N) is 1. The molecule has 0 aliphatic heterocycles. The molecule has 1 aromatic heterocycles. The van der Waals surface area contributed by atoms with Gasteiger partial charge in [-0.1, -0.05) is 11.8 Å². The molecule has 0 spiro atoms. The maximum Gasteiger partial charge on any atom is 0.0775 e. The number of aryl methyl sites for hydroxylation is 1. The number of hydrogen-bond donors (Lipinski definition) is 0. The Bertz CT molecular complexity index is 751. The number of thiophene rings is 1. The third-order valence-electron chi connectivity index (χ3n) is 3.30. The highest BCUT2D eigenvalue weighted by Crippen LogP contribution is 2.43. The van der Waals surface area contributed by atoms with Gasteiger partial charge in [0.05, 0.1) is 15.7 Å². The molecule has 3 rings (SSSR count). The highest BCUT2D eigenvalue weighted by Gasteiger charge is 2.24. The zero-order chi connectivity index (χ0) is 13.9. The summed E-state index contributed by atoms with van der Waals surface area (Å²) < 4.78 is 0. The molecule has 0 unspecified atom stereocenters. The number of thiocarbonyl (C=S) groups is 1. The Morgan fingerprint density at radius 1 is 1.20 bits per heavy atom. The molecule has 1 aliphatic rings. The molecular formula is C17H13NS2. The second-order valence-electron chi connectivity index (χ2n) is 4.93. The molecule has 98 valence electrons. The fourth-order valence-corrected chi connectivity index (χ4v) is 3.18. The molecule has 0 amide bonds. The molecule has 1 nitrogen and oxygen atoms in total. The Morgan fingerprint density at radius 3 is 2.75 bits per heavy atom. The van der Waals surface area contributed by atoms with Gasteiger partial charge in [-0.2, -0.15) is 4.99 Å². The van der Waals surface area contributed by atoms with Gasteiger partial charge in [-0.25, -0.2) is 0 Å². The zero-order valence-corrected chi connectivity index (χ0v) is 12.8. The minimum absolute atomic E-state index is 0.810. The number of benzene rings is 1. The van der Waals surface area contributed by atoms with Crippen molar-refractivity contribution < 1.29 is 0 Å². The van der Waals surface area contributed by atoms with E-state index < -0.39 is 0 Å². The lowest BCUT2D eigenvalue weighted by molar-refractivity contribution is 1.18. The van der Waals surface area contributed by atoms with Crippen molar-refractivity contribution in [3.05, 3.63) is 51.2 Å². The van der Waals surface area contributed by atoms with Crippen molar-refractivity contribution in [3.8, 4) is 11.8 Å². The number of isothiocyanates is 1. The van der Waals surface area contributed by atoms with Crippen molar-refractivity contribution in [1.82, 2.24) is 0 Å². The van der Waals surface area contributed by atoms with Gasteiger partial charge in [0.2, 0.25) is 0 Å². The summed E-state index contributed by atoms with van der Waals surface area (Å²) >= 11 is 6.45. The van der Waals surface area contributed by atoms with E-state index in [1.54, 1.807) is 0 Å². The Hall–Kier alpha value is -1.72. The van der Waals surface area contributed by atoms with Crippen molar-refractivity contribution in [3.63, 3.8) is 0 Å². The van der Waals surface area contributed by atoms with E-state index in [0.29, 0.717) is 0 Å². The summed E-state index contributed by atoms with van der Waals surface area (Å²) in [5.74, 6) is 7.27. The number of aliphatic imine (C=N–C) groups is 1. The second kappa shape index (κ2) is 5.73. The molecule has 0 radical (unpaired) electrons. The summed E-state index contributed by atoms with van der Waals surface area (Å²) in [5, 5.41) is 2.40. The van der Waals surface area contributed by atoms with Crippen LogP contribution in [0.3, 0.4) is 0 Å². The van der Waals surface area contributed by atoms with Crippen LogP contribution in [0.1, 0.15) is 39.6 Å². The van der Waals surface area contributed by atoms with Crippen LogP contribution in [-0.2, 0) is 0 Å². The summed E-state index contributed by atoms with van der Waals surface area (Å²) in [6.45, 7) is 2.01. The van der Waals surface area contributed by atoms with E-state index in [4.69, 9.17) is 0 Å². The van der Waals surface area contributed by atoms with E-state index in [1.807, 2.05) is 36.5 Å². The third kappa shape index (κ3) is 3.05. The first-order chi connectivity index (χ1) is 9.76. The smallest absolute Gasteiger partial charge is 0.0775 e. The van der Waals surface area contributed by atoms with Crippen molar-refractivity contribution in [2.45, 2.75) is 25.7 Å². The van der Waals surface area contributed by atoms with Crippen LogP contribution in [0.15, 0.2) is 35.3 Å². The first kappa shape index (κ1) is 13.3. The van der Waals surface area contributed by atoms with E-state index in [1.165, 1.54) is 17.7 Å². The minimum atomic E-state index is 0.810. The highest BCUT2D eigenvalue weighted by molar-refractivity contribution is 7.78. The lowest BCUT2D eigenvalue weighted by Crippen LogP contribution is -1.78. The van der Waals surface area contributed by atoms with Crippen LogP contribution in [-0.4, -0.2) is 5.16 Å². The van der Waals surface area contributed by atoms with Gasteiger partial charge in [0.15, 0.2) is 0 Å². The maximum atomic E-state index is 4.63. The summed E-state index contributed by atoms with van der Waals surface area (Å²) in [6.07, 6.45) is 2.68. The molecule has 1 aromatic carbocycles. The second-order valence-corrected chi connectivity index (χ2v) is 6.23. The lowest BCUT2D eigenvalue weighted by Gasteiger charge is -1.98. The lowest BCUT2D eigenvalue weighted by atomic mass is 10.1. The average molecular weight is 295 g/mol. The maximum absolute atomic E-state index is 4.63.